The van der Waals surface area contributed by atoms with Gasteiger partial charge in [-0.2, -0.15) is 0 Å². The molecule has 0 saturated carbocycles. The van der Waals surface area contributed by atoms with Crippen molar-refractivity contribution in [2.75, 3.05) is 26.2 Å². The molecule has 0 amide bonds. The second-order valence-electron chi connectivity index (χ2n) is 3.75. The second-order valence-corrected chi connectivity index (χ2v) is 3.75. The molecular formula is C9H15N3. The molecule has 0 aromatic heterocycles. The van der Waals surface area contributed by atoms with Crippen LogP contribution in [-0.4, -0.2) is 36.7 Å². The first-order valence-corrected chi connectivity index (χ1v) is 4.72. The summed E-state index contributed by atoms with van der Waals surface area (Å²) in [5.41, 5.74) is -0.152. The van der Waals surface area contributed by atoms with E-state index in [-0.39, 0.29) is 5.66 Å². The Morgan fingerprint density at radius 1 is 1.17 bits per heavy atom. The van der Waals surface area contributed by atoms with E-state index >= 15 is 0 Å². The minimum Gasteiger partial charge on any atom is -0.299 e. The molecule has 0 radical (unpaired) electrons. The van der Waals surface area contributed by atoms with E-state index < -0.39 is 0 Å². The topological polar surface area (TPSA) is 19.6 Å². The first-order chi connectivity index (χ1) is 5.87. The van der Waals surface area contributed by atoms with Crippen molar-refractivity contribution in [3.63, 3.8) is 0 Å². The van der Waals surface area contributed by atoms with Crippen LogP contribution >= 0.6 is 0 Å². The van der Waals surface area contributed by atoms with Gasteiger partial charge in [-0.1, -0.05) is 6.42 Å². The van der Waals surface area contributed by atoms with Gasteiger partial charge in [0.15, 0.2) is 0 Å². The molecule has 1 N–H and O–H groups in total. The SMILES string of the molecule is [C-]#[N+]C1(N2CCCCC2)CNC1. The summed E-state index contributed by atoms with van der Waals surface area (Å²) < 4.78 is 0. The summed E-state index contributed by atoms with van der Waals surface area (Å²) in [6.07, 6.45) is 3.90. The summed E-state index contributed by atoms with van der Waals surface area (Å²) in [6.45, 7) is 11.2. The van der Waals surface area contributed by atoms with Crippen molar-refractivity contribution in [2.24, 2.45) is 0 Å². The van der Waals surface area contributed by atoms with Crippen molar-refractivity contribution < 1.29 is 0 Å². The maximum Gasteiger partial charge on any atom is 0.313 e. The highest BCUT2D eigenvalue weighted by atomic mass is 15.4. The maximum absolute atomic E-state index is 7.19. The first kappa shape index (κ1) is 8.03. The molecule has 66 valence electrons. The van der Waals surface area contributed by atoms with Crippen molar-refractivity contribution in [2.45, 2.75) is 24.9 Å². The van der Waals surface area contributed by atoms with Crippen molar-refractivity contribution in [3.8, 4) is 0 Å². The number of nitrogens with zero attached hydrogens (tertiary/aromatic N) is 2. The molecule has 3 nitrogen and oxygen atoms in total. The van der Waals surface area contributed by atoms with E-state index in [2.05, 4.69) is 15.1 Å². The van der Waals surface area contributed by atoms with Gasteiger partial charge in [0, 0.05) is 13.1 Å². The molecule has 0 atom stereocenters. The first-order valence-electron chi connectivity index (χ1n) is 4.72. The highest BCUT2D eigenvalue weighted by Gasteiger charge is 2.49. The van der Waals surface area contributed by atoms with Crippen LogP contribution in [0, 0.1) is 6.57 Å². The van der Waals surface area contributed by atoms with Crippen LogP contribution in [0.15, 0.2) is 0 Å². The number of likely N-dealkylation sites (tertiary alicyclic amines) is 1. The average molecular weight is 165 g/mol. The van der Waals surface area contributed by atoms with Gasteiger partial charge in [0.05, 0.1) is 13.1 Å². The number of rotatable bonds is 1. The predicted octanol–water partition coefficient (Wildman–Crippen LogP) is 0.691. The molecule has 3 heteroatoms. The van der Waals surface area contributed by atoms with Gasteiger partial charge in [-0.05, 0) is 12.8 Å². The lowest BCUT2D eigenvalue weighted by molar-refractivity contribution is 0.0587. The van der Waals surface area contributed by atoms with E-state index in [4.69, 9.17) is 6.57 Å². The normalized spacial score (nSPS) is 28.9. The van der Waals surface area contributed by atoms with Gasteiger partial charge in [0.25, 0.3) is 0 Å². The number of hydrogen-bond acceptors (Lipinski definition) is 2. The highest BCUT2D eigenvalue weighted by molar-refractivity contribution is 5.08. The van der Waals surface area contributed by atoms with Crippen molar-refractivity contribution in [1.29, 1.82) is 0 Å². The monoisotopic (exact) mass is 165 g/mol. The fraction of sp³-hybridized carbons (Fsp3) is 0.889. The van der Waals surface area contributed by atoms with E-state index in [1.807, 2.05) is 0 Å². The minimum atomic E-state index is -0.152. The number of nitrogens with one attached hydrogen (secondary N) is 1. The van der Waals surface area contributed by atoms with Crippen molar-refractivity contribution in [3.05, 3.63) is 11.4 Å². The molecule has 0 unspecified atom stereocenters. The zero-order valence-electron chi connectivity index (χ0n) is 7.34. The van der Waals surface area contributed by atoms with E-state index in [0.717, 1.165) is 26.2 Å². The Hall–Kier alpha value is -0.590. The summed E-state index contributed by atoms with van der Waals surface area (Å²) in [7, 11) is 0. The molecule has 12 heavy (non-hydrogen) atoms. The van der Waals surface area contributed by atoms with Crippen molar-refractivity contribution >= 4 is 0 Å². The van der Waals surface area contributed by atoms with E-state index in [0.29, 0.717) is 0 Å². The Morgan fingerprint density at radius 3 is 2.25 bits per heavy atom. The molecular weight excluding hydrogens is 150 g/mol. The van der Waals surface area contributed by atoms with E-state index in [9.17, 15) is 0 Å². The predicted molar refractivity (Wildman–Crippen MR) is 47.6 cm³/mol. The molecule has 0 aliphatic carbocycles. The Balaban J connectivity index is 2.01. The summed E-state index contributed by atoms with van der Waals surface area (Å²) in [5, 5.41) is 3.19. The third-order valence-electron chi connectivity index (χ3n) is 2.97. The zero-order valence-corrected chi connectivity index (χ0v) is 7.34. The summed E-state index contributed by atoms with van der Waals surface area (Å²) in [4.78, 5) is 6.12. The van der Waals surface area contributed by atoms with Crippen LogP contribution < -0.4 is 5.32 Å². The Morgan fingerprint density at radius 2 is 1.83 bits per heavy atom. The Bertz CT molecular complexity index is 196. The quantitative estimate of drug-likeness (QED) is 0.577. The molecule has 2 fully saturated rings. The van der Waals surface area contributed by atoms with E-state index in [1.165, 1.54) is 19.3 Å². The zero-order chi connectivity index (χ0) is 8.44. The van der Waals surface area contributed by atoms with Gasteiger partial charge in [-0.3, -0.25) is 10.2 Å². The van der Waals surface area contributed by atoms with Crippen LogP contribution in [0.1, 0.15) is 19.3 Å². The highest BCUT2D eigenvalue weighted by Crippen LogP contribution is 2.25. The molecule has 2 saturated heterocycles. The van der Waals surface area contributed by atoms with Crippen LogP contribution in [0.5, 0.6) is 0 Å². The maximum atomic E-state index is 7.19. The van der Waals surface area contributed by atoms with Crippen LogP contribution in [0.3, 0.4) is 0 Å². The average Bonchev–Trinajstić information content (AvgIpc) is 2.05. The summed E-state index contributed by atoms with van der Waals surface area (Å²) in [5.74, 6) is 0. The molecule has 0 aromatic rings. The van der Waals surface area contributed by atoms with Gasteiger partial charge >= 0.3 is 5.66 Å². The van der Waals surface area contributed by atoms with Crippen LogP contribution in [-0.2, 0) is 0 Å². The van der Waals surface area contributed by atoms with Gasteiger partial charge in [0.1, 0.15) is 0 Å². The van der Waals surface area contributed by atoms with Crippen LogP contribution in [0.25, 0.3) is 4.85 Å². The van der Waals surface area contributed by atoms with Crippen molar-refractivity contribution in [1.82, 2.24) is 10.2 Å². The van der Waals surface area contributed by atoms with Crippen LogP contribution in [0.4, 0.5) is 0 Å². The van der Waals surface area contributed by atoms with Gasteiger partial charge < -0.3 is 0 Å². The van der Waals surface area contributed by atoms with Gasteiger partial charge in [-0.25, -0.2) is 11.5 Å². The fourth-order valence-electron chi connectivity index (χ4n) is 2.03. The lowest BCUT2D eigenvalue weighted by Crippen LogP contribution is -2.67. The summed E-state index contributed by atoms with van der Waals surface area (Å²) >= 11 is 0. The minimum absolute atomic E-state index is 0.152. The molecule has 0 bridgehead atoms. The molecule has 2 aliphatic heterocycles. The standard InChI is InChI=1S/C9H15N3/c1-10-9(7-11-8-9)12-5-3-2-4-6-12/h11H,2-8H2. The Kier molecular flexibility index (Phi) is 2.03. The molecule has 2 heterocycles. The largest absolute Gasteiger partial charge is 0.313 e. The molecule has 2 rings (SSSR count). The molecule has 0 aromatic carbocycles. The fourth-order valence-corrected chi connectivity index (χ4v) is 2.03. The van der Waals surface area contributed by atoms with Gasteiger partial charge in [0.2, 0.25) is 0 Å². The number of piperidine rings is 1. The number of hydrogen-bond donors (Lipinski definition) is 1. The third kappa shape index (κ3) is 1.12. The van der Waals surface area contributed by atoms with Gasteiger partial charge in [-0.15, -0.1) is 0 Å². The lowest BCUT2D eigenvalue weighted by Gasteiger charge is -2.42. The second kappa shape index (κ2) is 3.04. The molecule has 0 spiro atoms. The smallest absolute Gasteiger partial charge is 0.299 e. The lowest BCUT2D eigenvalue weighted by atomic mass is 9.98. The molecule has 2 aliphatic rings. The third-order valence-corrected chi connectivity index (χ3v) is 2.97. The van der Waals surface area contributed by atoms with Crippen LogP contribution in [0.2, 0.25) is 0 Å². The van der Waals surface area contributed by atoms with E-state index in [1.54, 1.807) is 0 Å². The summed E-state index contributed by atoms with van der Waals surface area (Å²) in [6, 6.07) is 0. The Labute approximate surface area is 73.6 Å².